The van der Waals surface area contributed by atoms with Crippen molar-refractivity contribution < 1.29 is 14.6 Å². The fourth-order valence-electron chi connectivity index (χ4n) is 2.45. The van der Waals surface area contributed by atoms with Gasteiger partial charge in [-0.3, -0.25) is 4.79 Å². The maximum atomic E-state index is 12.1. The molecule has 0 aromatic carbocycles. The highest BCUT2D eigenvalue weighted by atomic mass is 16.5. The fourth-order valence-corrected chi connectivity index (χ4v) is 2.45. The first-order valence-corrected chi connectivity index (χ1v) is 5.95. The van der Waals surface area contributed by atoms with Gasteiger partial charge in [-0.1, -0.05) is 6.42 Å². The van der Waals surface area contributed by atoms with E-state index in [2.05, 4.69) is 5.32 Å². The van der Waals surface area contributed by atoms with Crippen molar-refractivity contribution in [3.8, 4) is 0 Å². The minimum atomic E-state index is -0.544. The molecule has 1 amide bonds. The molecule has 0 bridgehead atoms. The highest BCUT2D eigenvalue weighted by Crippen LogP contribution is 2.17. The first-order chi connectivity index (χ1) is 7.72. The van der Waals surface area contributed by atoms with E-state index in [0.717, 1.165) is 25.8 Å². The summed E-state index contributed by atoms with van der Waals surface area (Å²) < 4.78 is 5.13. The zero-order valence-electron chi connectivity index (χ0n) is 9.69. The zero-order valence-corrected chi connectivity index (χ0v) is 9.69. The first kappa shape index (κ1) is 11.8. The second kappa shape index (κ2) is 5.12. The first-order valence-electron chi connectivity index (χ1n) is 5.95. The van der Waals surface area contributed by atoms with Gasteiger partial charge in [0.05, 0.1) is 12.1 Å². The van der Waals surface area contributed by atoms with Gasteiger partial charge < -0.3 is 20.1 Å². The van der Waals surface area contributed by atoms with Gasteiger partial charge in [-0.15, -0.1) is 0 Å². The number of hydrogen-bond acceptors (Lipinski definition) is 4. The highest BCUT2D eigenvalue weighted by Gasteiger charge is 2.36. The van der Waals surface area contributed by atoms with Gasteiger partial charge in [0.25, 0.3) is 0 Å². The van der Waals surface area contributed by atoms with Crippen molar-refractivity contribution >= 4 is 5.91 Å². The van der Waals surface area contributed by atoms with Gasteiger partial charge in [-0.2, -0.15) is 0 Å². The summed E-state index contributed by atoms with van der Waals surface area (Å²) in [6, 6.07) is -0.0587. The molecule has 0 aliphatic carbocycles. The predicted octanol–water partition coefficient (Wildman–Crippen LogP) is -0.653. The number of rotatable bonds is 2. The molecule has 2 aliphatic heterocycles. The molecule has 2 saturated heterocycles. The van der Waals surface area contributed by atoms with Gasteiger partial charge in [0.2, 0.25) is 5.91 Å². The SMILES string of the molecule is CO[C@@H]1CN(C(=O)[C@H]2CCCCN2)C[C@H]1O. The standard InChI is InChI=1S/C11H20N2O3/c1-16-10-7-13(6-9(10)14)11(15)8-4-2-3-5-12-8/h8-10,12,14H,2-7H2,1H3/t8-,9-,10-/m1/s1. The lowest BCUT2D eigenvalue weighted by Gasteiger charge is -2.27. The minimum Gasteiger partial charge on any atom is -0.388 e. The zero-order chi connectivity index (χ0) is 11.5. The van der Waals surface area contributed by atoms with Gasteiger partial charge in [0, 0.05) is 20.2 Å². The summed E-state index contributed by atoms with van der Waals surface area (Å²) in [5, 5.41) is 12.9. The fraction of sp³-hybridized carbons (Fsp3) is 0.909. The Kier molecular flexibility index (Phi) is 3.78. The number of β-amino-alcohol motifs (C(OH)–C–C–N with tert-alkyl or cyclic N) is 1. The van der Waals surface area contributed by atoms with Crippen molar-refractivity contribution in [2.24, 2.45) is 0 Å². The number of piperidine rings is 1. The number of methoxy groups -OCH3 is 1. The Morgan fingerprint density at radius 3 is 2.81 bits per heavy atom. The number of likely N-dealkylation sites (tertiary alicyclic amines) is 1. The van der Waals surface area contributed by atoms with E-state index in [4.69, 9.17) is 4.74 Å². The van der Waals surface area contributed by atoms with Crippen molar-refractivity contribution in [3.63, 3.8) is 0 Å². The number of hydrogen-bond donors (Lipinski definition) is 2. The van der Waals surface area contributed by atoms with Crippen LogP contribution in [0.3, 0.4) is 0 Å². The summed E-state index contributed by atoms with van der Waals surface area (Å²) in [4.78, 5) is 13.8. The topological polar surface area (TPSA) is 61.8 Å². The van der Waals surface area contributed by atoms with Crippen LogP contribution < -0.4 is 5.32 Å². The third kappa shape index (κ3) is 2.36. The largest absolute Gasteiger partial charge is 0.388 e. The molecule has 5 heteroatoms. The summed E-state index contributed by atoms with van der Waals surface area (Å²) in [5.41, 5.74) is 0. The van der Waals surface area contributed by atoms with Crippen LogP contribution >= 0.6 is 0 Å². The lowest BCUT2D eigenvalue weighted by atomic mass is 10.0. The second-order valence-corrected chi connectivity index (χ2v) is 4.59. The number of aliphatic hydroxyl groups is 1. The maximum absolute atomic E-state index is 12.1. The third-order valence-corrected chi connectivity index (χ3v) is 3.46. The average Bonchev–Trinajstić information content (AvgIpc) is 2.71. The summed E-state index contributed by atoms with van der Waals surface area (Å²) in [7, 11) is 1.57. The van der Waals surface area contributed by atoms with E-state index >= 15 is 0 Å². The number of amides is 1. The van der Waals surface area contributed by atoms with E-state index in [9.17, 15) is 9.90 Å². The average molecular weight is 228 g/mol. The predicted molar refractivity (Wildman–Crippen MR) is 59.0 cm³/mol. The molecule has 2 heterocycles. The van der Waals surface area contributed by atoms with Crippen LogP contribution in [0.25, 0.3) is 0 Å². The van der Waals surface area contributed by atoms with Crippen molar-refractivity contribution in [3.05, 3.63) is 0 Å². The number of aliphatic hydroxyl groups excluding tert-OH is 1. The van der Waals surface area contributed by atoms with E-state index in [-0.39, 0.29) is 18.1 Å². The second-order valence-electron chi connectivity index (χ2n) is 4.59. The van der Waals surface area contributed by atoms with E-state index in [0.29, 0.717) is 13.1 Å². The summed E-state index contributed by atoms with van der Waals surface area (Å²) in [6.07, 6.45) is 2.38. The van der Waals surface area contributed by atoms with Crippen LogP contribution in [0.2, 0.25) is 0 Å². The van der Waals surface area contributed by atoms with Gasteiger partial charge in [-0.05, 0) is 19.4 Å². The molecular weight excluding hydrogens is 208 g/mol. The Morgan fingerprint density at radius 1 is 1.44 bits per heavy atom. The van der Waals surface area contributed by atoms with Crippen LogP contribution in [0.5, 0.6) is 0 Å². The summed E-state index contributed by atoms with van der Waals surface area (Å²) >= 11 is 0. The van der Waals surface area contributed by atoms with Crippen LogP contribution in [0.15, 0.2) is 0 Å². The van der Waals surface area contributed by atoms with Gasteiger partial charge in [0.1, 0.15) is 6.10 Å². The molecule has 5 nitrogen and oxygen atoms in total. The monoisotopic (exact) mass is 228 g/mol. The molecule has 0 unspecified atom stereocenters. The lowest BCUT2D eigenvalue weighted by Crippen LogP contribution is -2.48. The van der Waals surface area contributed by atoms with E-state index < -0.39 is 6.10 Å². The molecule has 2 N–H and O–H groups in total. The number of carbonyl (C=O) groups excluding carboxylic acids is 1. The molecule has 2 fully saturated rings. The Morgan fingerprint density at radius 2 is 2.25 bits per heavy atom. The number of carbonyl (C=O) groups is 1. The van der Waals surface area contributed by atoms with Gasteiger partial charge in [0.15, 0.2) is 0 Å². The Hall–Kier alpha value is -0.650. The highest BCUT2D eigenvalue weighted by molar-refractivity contribution is 5.82. The number of nitrogens with one attached hydrogen (secondary N) is 1. The Bertz CT molecular complexity index is 254. The molecule has 0 spiro atoms. The van der Waals surface area contributed by atoms with E-state index in [1.54, 1.807) is 12.0 Å². The van der Waals surface area contributed by atoms with Crippen LogP contribution in [-0.2, 0) is 9.53 Å². The molecule has 0 aromatic heterocycles. The molecule has 0 aromatic rings. The normalized spacial score (nSPS) is 35.4. The number of ether oxygens (including phenoxy) is 1. The molecule has 16 heavy (non-hydrogen) atoms. The Labute approximate surface area is 95.8 Å². The summed E-state index contributed by atoms with van der Waals surface area (Å²) in [5.74, 6) is 0.110. The van der Waals surface area contributed by atoms with Gasteiger partial charge >= 0.3 is 0 Å². The Balaban J connectivity index is 1.90. The van der Waals surface area contributed by atoms with Gasteiger partial charge in [-0.25, -0.2) is 0 Å². The van der Waals surface area contributed by atoms with E-state index in [1.807, 2.05) is 0 Å². The summed E-state index contributed by atoms with van der Waals surface area (Å²) in [6.45, 7) is 1.82. The van der Waals surface area contributed by atoms with Crippen LogP contribution in [0.4, 0.5) is 0 Å². The smallest absolute Gasteiger partial charge is 0.239 e. The third-order valence-electron chi connectivity index (χ3n) is 3.46. The van der Waals surface area contributed by atoms with Crippen molar-refractivity contribution in [1.29, 1.82) is 0 Å². The van der Waals surface area contributed by atoms with Crippen LogP contribution in [0.1, 0.15) is 19.3 Å². The minimum absolute atomic E-state index is 0.0587. The molecule has 3 atom stereocenters. The quantitative estimate of drug-likeness (QED) is 0.659. The molecular formula is C11H20N2O3. The molecule has 2 rings (SSSR count). The molecule has 0 saturated carbocycles. The van der Waals surface area contributed by atoms with E-state index in [1.165, 1.54) is 0 Å². The van der Waals surface area contributed by atoms with Crippen LogP contribution in [-0.4, -0.2) is 60.9 Å². The lowest BCUT2D eigenvalue weighted by molar-refractivity contribution is -0.133. The molecule has 92 valence electrons. The molecule has 2 aliphatic rings. The van der Waals surface area contributed by atoms with Crippen molar-refractivity contribution in [1.82, 2.24) is 10.2 Å². The maximum Gasteiger partial charge on any atom is 0.239 e. The molecule has 0 radical (unpaired) electrons. The van der Waals surface area contributed by atoms with Crippen LogP contribution in [0, 0.1) is 0 Å². The number of nitrogens with zero attached hydrogens (tertiary/aromatic N) is 1. The van der Waals surface area contributed by atoms with Crippen molar-refractivity contribution in [2.75, 3.05) is 26.7 Å². The van der Waals surface area contributed by atoms with Crippen molar-refractivity contribution in [2.45, 2.75) is 37.5 Å².